The third kappa shape index (κ3) is 5.47. The molecule has 8 heteroatoms. The van der Waals surface area contributed by atoms with Gasteiger partial charge in [0.1, 0.15) is 5.76 Å². The molecule has 0 radical (unpaired) electrons. The molecule has 1 unspecified atom stereocenters. The van der Waals surface area contributed by atoms with Crippen molar-refractivity contribution in [3.63, 3.8) is 0 Å². The molecule has 1 saturated heterocycles. The van der Waals surface area contributed by atoms with Gasteiger partial charge in [0.2, 0.25) is 5.89 Å². The molecule has 2 N–H and O–H groups in total. The minimum atomic E-state index is 0.173. The number of nitrogens with one attached hydrogen (secondary N) is 2. The first-order chi connectivity index (χ1) is 13.6. The molecule has 28 heavy (non-hydrogen) atoms. The highest BCUT2D eigenvalue weighted by Crippen LogP contribution is 2.24. The minimum Gasteiger partial charge on any atom is -0.444 e. The van der Waals surface area contributed by atoms with E-state index in [1.54, 1.807) is 7.05 Å². The molecule has 0 amide bonds. The number of benzene rings is 1. The Balaban J connectivity index is 1.64. The second-order valence-electron chi connectivity index (χ2n) is 6.78. The third-order valence-electron chi connectivity index (χ3n) is 4.89. The van der Waals surface area contributed by atoms with E-state index in [2.05, 4.69) is 31.6 Å². The fourth-order valence-corrected chi connectivity index (χ4v) is 3.45. The van der Waals surface area contributed by atoms with Crippen molar-refractivity contribution < 1.29 is 9.15 Å². The van der Waals surface area contributed by atoms with Crippen LogP contribution >= 0.6 is 11.6 Å². The maximum atomic E-state index is 6.23. The number of oxazole rings is 1. The van der Waals surface area contributed by atoms with Gasteiger partial charge in [0.15, 0.2) is 5.96 Å². The van der Waals surface area contributed by atoms with Crippen LogP contribution in [0.25, 0.3) is 0 Å². The van der Waals surface area contributed by atoms with Gasteiger partial charge in [-0.15, -0.1) is 0 Å². The Morgan fingerprint density at radius 3 is 2.71 bits per heavy atom. The normalized spacial score (nSPS) is 16.8. The number of morpholine rings is 1. The number of ether oxygens (including phenoxy) is 1. The molecule has 2 heterocycles. The van der Waals surface area contributed by atoms with E-state index < -0.39 is 0 Å². The zero-order valence-electron chi connectivity index (χ0n) is 16.7. The highest BCUT2D eigenvalue weighted by Gasteiger charge is 2.23. The van der Waals surface area contributed by atoms with E-state index in [0.29, 0.717) is 24.9 Å². The second kappa shape index (κ2) is 9.91. The standard InChI is InChI=1S/C20H28ClN5O2/c1-14-15(2)28-19(25-14)13-24-20(22-3)23-12-18(26-7-9-27-10-8-26)16-5-4-6-17(21)11-16/h4-6,11,18H,7-10,12-13H2,1-3H3,(H2,22,23,24). The first-order valence-corrected chi connectivity index (χ1v) is 9.89. The van der Waals surface area contributed by atoms with Crippen molar-refractivity contribution in [3.8, 4) is 0 Å². The Hall–Kier alpha value is -2.09. The van der Waals surface area contributed by atoms with Gasteiger partial charge in [0.05, 0.1) is 31.5 Å². The molecule has 1 fully saturated rings. The molecule has 1 aromatic heterocycles. The minimum absolute atomic E-state index is 0.173. The van der Waals surface area contributed by atoms with Gasteiger partial charge in [-0.3, -0.25) is 9.89 Å². The Morgan fingerprint density at radius 1 is 1.29 bits per heavy atom. The summed E-state index contributed by atoms with van der Waals surface area (Å²) >= 11 is 6.23. The van der Waals surface area contributed by atoms with Crippen LogP contribution in [-0.4, -0.2) is 55.7 Å². The predicted molar refractivity (Wildman–Crippen MR) is 111 cm³/mol. The van der Waals surface area contributed by atoms with Crippen molar-refractivity contribution in [2.24, 2.45) is 4.99 Å². The molecule has 3 rings (SSSR count). The van der Waals surface area contributed by atoms with Crippen molar-refractivity contribution in [2.45, 2.75) is 26.4 Å². The third-order valence-corrected chi connectivity index (χ3v) is 5.12. The second-order valence-corrected chi connectivity index (χ2v) is 7.21. The number of guanidine groups is 1. The van der Waals surface area contributed by atoms with Gasteiger partial charge in [-0.2, -0.15) is 0 Å². The summed E-state index contributed by atoms with van der Waals surface area (Å²) in [5.41, 5.74) is 2.09. The Labute approximate surface area is 171 Å². The fraction of sp³-hybridized carbons (Fsp3) is 0.500. The molecule has 1 atom stereocenters. The maximum Gasteiger partial charge on any atom is 0.214 e. The smallest absolute Gasteiger partial charge is 0.214 e. The van der Waals surface area contributed by atoms with Crippen LogP contribution < -0.4 is 10.6 Å². The first kappa shape index (κ1) is 20.6. The van der Waals surface area contributed by atoms with Gasteiger partial charge >= 0.3 is 0 Å². The molecular weight excluding hydrogens is 378 g/mol. The molecule has 1 aliphatic rings. The molecule has 7 nitrogen and oxygen atoms in total. The van der Waals surface area contributed by atoms with Gasteiger partial charge in [-0.1, -0.05) is 23.7 Å². The van der Waals surface area contributed by atoms with Crippen molar-refractivity contribution in [1.29, 1.82) is 0 Å². The van der Waals surface area contributed by atoms with Crippen LogP contribution in [0, 0.1) is 13.8 Å². The quantitative estimate of drug-likeness (QED) is 0.568. The van der Waals surface area contributed by atoms with Crippen LogP contribution in [0.3, 0.4) is 0 Å². The molecule has 0 saturated carbocycles. The van der Waals surface area contributed by atoms with Crippen molar-refractivity contribution in [3.05, 3.63) is 52.2 Å². The van der Waals surface area contributed by atoms with E-state index >= 15 is 0 Å². The molecule has 1 aromatic carbocycles. The number of nitrogens with zero attached hydrogens (tertiary/aromatic N) is 3. The van der Waals surface area contributed by atoms with Crippen molar-refractivity contribution in [2.75, 3.05) is 39.9 Å². The summed E-state index contributed by atoms with van der Waals surface area (Å²) in [5, 5.41) is 7.42. The van der Waals surface area contributed by atoms with Crippen LogP contribution in [-0.2, 0) is 11.3 Å². The Morgan fingerprint density at radius 2 is 2.07 bits per heavy atom. The molecule has 2 aromatic rings. The van der Waals surface area contributed by atoms with Crippen LogP contribution in [0.2, 0.25) is 5.02 Å². The van der Waals surface area contributed by atoms with Gasteiger partial charge in [0, 0.05) is 31.7 Å². The number of aromatic nitrogens is 1. The summed E-state index contributed by atoms with van der Waals surface area (Å²) in [6.07, 6.45) is 0. The number of hydrogen-bond donors (Lipinski definition) is 2. The lowest BCUT2D eigenvalue weighted by Gasteiger charge is -2.35. The van der Waals surface area contributed by atoms with E-state index in [4.69, 9.17) is 20.8 Å². The summed E-state index contributed by atoms with van der Waals surface area (Å²) in [5.74, 6) is 2.19. The number of aliphatic imine (C=N–C) groups is 1. The Bertz CT molecular complexity index is 782. The van der Waals surface area contributed by atoms with Crippen LogP contribution in [0.1, 0.15) is 29.0 Å². The molecule has 0 aliphatic carbocycles. The summed E-state index contributed by atoms with van der Waals surface area (Å²) in [6.45, 7) is 8.29. The monoisotopic (exact) mass is 405 g/mol. The van der Waals surface area contributed by atoms with Gasteiger partial charge in [-0.05, 0) is 31.5 Å². The van der Waals surface area contributed by atoms with Crippen LogP contribution in [0.5, 0.6) is 0 Å². The summed E-state index contributed by atoms with van der Waals surface area (Å²) in [6, 6.07) is 8.20. The zero-order chi connectivity index (χ0) is 19.9. The molecule has 152 valence electrons. The van der Waals surface area contributed by atoms with Gasteiger partial charge < -0.3 is 19.8 Å². The first-order valence-electron chi connectivity index (χ1n) is 9.51. The average Bonchev–Trinajstić information content (AvgIpc) is 3.03. The number of rotatable bonds is 6. The van der Waals surface area contributed by atoms with Crippen molar-refractivity contribution >= 4 is 17.6 Å². The highest BCUT2D eigenvalue weighted by atomic mass is 35.5. The lowest BCUT2D eigenvalue weighted by atomic mass is 10.0. The summed E-state index contributed by atoms with van der Waals surface area (Å²) in [4.78, 5) is 11.1. The van der Waals surface area contributed by atoms with E-state index in [0.717, 1.165) is 42.8 Å². The van der Waals surface area contributed by atoms with Gasteiger partial charge in [0.25, 0.3) is 0 Å². The molecule has 1 aliphatic heterocycles. The topological polar surface area (TPSA) is 74.9 Å². The SMILES string of the molecule is CN=C(NCc1nc(C)c(C)o1)NCC(c1cccc(Cl)c1)N1CCOCC1. The summed E-state index contributed by atoms with van der Waals surface area (Å²) < 4.78 is 11.1. The van der Waals surface area contributed by atoms with E-state index in [-0.39, 0.29) is 6.04 Å². The van der Waals surface area contributed by atoms with Crippen molar-refractivity contribution in [1.82, 2.24) is 20.5 Å². The maximum absolute atomic E-state index is 6.23. The molecular formula is C20H28ClN5O2. The largest absolute Gasteiger partial charge is 0.444 e. The lowest BCUT2D eigenvalue weighted by molar-refractivity contribution is 0.0170. The predicted octanol–water partition coefficient (Wildman–Crippen LogP) is 2.68. The van der Waals surface area contributed by atoms with Crippen LogP contribution in [0.4, 0.5) is 0 Å². The van der Waals surface area contributed by atoms with E-state index in [1.807, 2.05) is 32.0 Å². The number of hydrogen-bond acceptors (Lipinski definition) is 5. The lowest BCUT2D eigenvalue weighted by Crippen LogP contribution is -2.46. The fourth-order valence-electron chi connectivity index (χ4n) is 3.25. The molecule has 0 bridgehead atoms. The van der Waals surface area contributed by atoms with Gasteiger partial charge in [-0.25, -0.2) is 4.98 Å². The van der Waals surface area contributed by atoms with E-state index in [9.17, 15) is 0 Å². The number of halogens is 1. The van der Waals surface area contributed by atoms with Crippen LogP contribution in [0.15, 0.2) is 33.7 Å². The highest BCUT2D eigenvalue weighted by molar-refractivity contribution is 6.30. The summed E-state index contributed by atoms with van der Waals surface area (Å²) in [7, 11) is 1.75. The number of aryl methyl sites for hydroxylation is 2. The van der Waals surface area contributed by atoms with E-state index in [1.165, 1.54) is 5.56 Å². The zero-order valence-corrected chi connectivity index (χ0v) is 17.4. The average molecular weight is 406 g/mol. The molecule has 0 spiro atoms. The Kier molecular flexibility index (Phi) is 7.30.